The summed E-state index contributed by atoms with van der Waals surface area (Å²) < 4.78 is 11.6. The van der Waals surface area contributed by atoms with Crippen LogP contribution in [0.4, 0.5) is 16.3 Å². The third-order valence-corrected chi connectivity index (χ3v) is 6.77. The van der Waals surface area contributed by atoms with Gasteiger partial charge in [-0.25, -0.2) is 24.0 Å². The number of anilines is 2. The molecule has 42 heavy (non-hydrogen) atoms. The first kappa shape index (κ1) is 28.2. The van der Waals surface area contributed by atoms with E-state index in [1.54, 1.807) is 41.9 Å². The summed E-state index contributed by atoms with van der Waals surface area (Å²) in [6.07, 6.45) is 6.87. The van der Waals surface area contributed by atoms with Crippen molar-refractivity contribution in [3.05, 3.63) is 83.1 Å². The minimum absolute atomic E-state index is 0.0203. The van der Waals surface area contributed by atoms with Crippen LogP contribution in [0.1, 0.15) is 62.0 Å². The maximum atomic E-state index is 13.3. The Hall–Kier alpha value is -5.33. The minimum atomic E-state index is -0.963. The van der Waals surface area contributed by atoms with E-state index in [9.17, 15) is 19.2 Å². The van der Waals surface area contributed by atoms with E-state index in [1.807, 2.05) is 13.8 Å². The van der Waals surface area contributed by atoms with Gasteiger partial charge in [0.2, 0.25) is 6.79 Å². The standard InChI is InChI=1S/C29H29N7O6/c1-4-35(29(40)42-16-41-28(39)20-6-5-11-30-13-20)27(38)19-8-7-17(2)23(12-19)34-25-24-18(3)22(14-36(24)32-15-31-25)26(37)33-21-9-10-21/h5-8,11-15,21H,4,9-10,16H2,1-3H3,(H,33,37)(H,31,32,34). The van der Waals surface area contributed by atoms with Crippen molar-refractivity contribution in [3.8, 4) is 0 Å². The zero-order valence-electron chi connectivity index (χ0n) is 23.3. The van der Waals surface area contributed by atoms with E-state index in [0.717, 1.165) is 23.3 Å². The maximum Gasteiger partial charge on any atom is 0.419 e. The molecule has 1 aliphatic rings. The number of imide groups is 1. The lowest BCUT2D eigenvalue weighted by atomic mass is 10.1. The Balaban J connectivity index is 1.30. The van der Waals surface area contributed by atoms with Crippen LogP contribution in [-0.4, -0.2) is 67.7 Å². The van der Waals surface area contributed by atoms with Crippen molar-refractivity contribution in [2.24, 2.45) is 0 Å². The highest BCUT2D eigenvalue weighted by molar-refractivity contribution is 6.04. The molecule has 0 unspecified atom stereocenters. The highest BCUT2D eigenvalue weighted by Gasteiger charge is 2.27. The van der Waals surface area contributed by atoms with Crippen molar-refractivity contribution >= 4 is 40.9 Å². The quantitative estimate of drug-likeness (QED) is 0.224. The second-order valence-electron chi connectivity index (χ2n) is 9.72. The summed E-state index contributed by atoms with van der Waals surface area (Å²) in [7, 11) is 0. The van der Waals surface area contributed by atoms with E-state index in [2.05, 4.69) is 25.7 Å². The summed E-state index contributed by atoms with van der Waals surface area (Å²) in [5, 5.41) is 10.5. The number of aromatic nitrogens is 4. The fourth-order valence-electron chi connectivity index (χ4n) is 4.28. The molecule has 0 atom stereocenters. The smallest absolute Gasteiger partial charge is 0.419 e. The number of benzene rings is 1. The van der Waals surface area contributed by atoms with E-state index in [4.69, 9.17) is 9.47 Å². The van der Waals surface area contributed by atoms with Crippen LogP contribution in [0.2, 0.25) is 0 Å². The number of rotatable bonds is 9. The van der Waals surface area contributed by atoms with Crippen molar-refractivity contribution < 1.29 is 28.7 Å². The fraction of sp³-hybridized carbons (Fsp3) is 0.276. The Bertz CT molecular complexity index is 1670. The summed E-state index contributed by atoms with van der Waals surface area (Å²) in [5.74, 6) is -1.03. The van der Waals surface area contributed by atoms with Crippen LogP contribution in [0.15, 0.2) is 55.2 Å². The summed E-state index contributed by atoms with van der Waals surface area (Å²) in [6.45, 7) is 4.66. The number of aryl methyl sites for hydroxylation is 2. The fourth-order valence-corrected chi connectivity index (χ4v) is 4.28. The van der Waals surface area contributed by atoms with Gasteiger partial charge in [0.1, 0.15) is 11.8 Å². The Morgan fingerprint density at radius 1 is 1.10 bits per heavy atom. The van der Waals surface area contributed by atoms with Crippen LogP contribution < -0.4 is 10.6 Å². The molecule has 13 nitrogen and oxygen atoms in total. The van der Waals surface area contributed by atoms with Gasteiger partial charge in [0.15, 0.2) is 5.82 Å². The number of amides is 3. The van der Waals surface area contributed by atoms with Gasteiger partial charge in [-0.15, -0.1) is 0 Å². The lowest BCUT2D eigenvalue weighted by Gasteiger charge is -2.19. The van der Waals surface area contributed by atoms with E-state index in [-0.39, 0.29) is 29.6 Å². The predicted octanol–water partition coefficient (Wildman–Crippen LogP) is 3.79. The van der Waals surface area contributed by atoms with Gasteiger partial charge in [-0.3, -0.25) is 14.6 Å². The molecule has 3 aromatic heterocycles. The Labute approximate surface area is 240 Å². The first-order chi connectivity index (χ1) is 20.3. The summed E-state index contributed by atoms with van der Waals surface area (Å²) in [5.41, 5.74) is 3.64. The third kappa shape index (κ3) is 6.04. The number of fused-ring (bicyclic) bond motifs is 1. The van der Waals surface area contributed by atoms with E-state index >= 15 is 0 Å². The molecule has 1 aliphatic carbocycles. The van der Waals surface area contributed by atoms with Crippen LogP contribution in [-0.2, 0) is 9.47 Å². The monoisotopic (exact) mass is 571 g/mol. The normalized spacial score (nSPS) is 12.5. The molecule has 13 heteroatoms. The molecule has 3 amide bonds. The Kier molecular flexibility index (Phi) is 8.09. The largest absolute Gasteiger partial charge is 0.424 e. The van der Waals surface area contributed by atoms with Gasteiger partial charge in [0.25, 0.3) is 11.8 Å². The molecule has 216 valence electrons. The summed E-state index contributed by atoms with van der Waals surface area (Å²) >= 11 is 0. The lowest BCUT2D eigenvalue weighted by molar-refractivity contribution is -0.0102. The number of nitrogens with zero attached hydrogens (tertiary/aromatic N) is 5. The first-order valence-corrected chi connectivity index (χ1v) is 13.3. The summed E-state index contributed by atoms with van der Waals surface area (Å²) in [6, 6.07) is 8.24. The molecule has 1 aromatic carbocycles. The molecule has 0 radical (unpaired) electrons. The zero-order valence-corrected chi connectivity index (χ0v) is 23.3. The Morgan fingerprint density at radius 2 is 1.90 bits per heavy atom. The van der Waals surface area contributed by atoms with Crippen molar-refractivity contribution in [1.82, 2.24) is 29.8 Å². The maximum absolute atomic E-state index is 13.3. The lowest BCUT2D eigenvalue weighted by Crippen LogP contribution is -2.37. The molecular weight excluding hydrogens is 542 g/mol. The molecule has 0 saturated heterocycles. The first-order valence-electron chi connectivity index (χ1n) is 13.3. The number of carbonyl (C=O) groups excluding carboxylic acids is 4. The average molecular weight is 572 g/mol. The van der Waals surface area contributed by atoms with Gasteiger partial charge in [0, 0.05) is 42.4 Å². The van der Waals surface area contributed by atoms with Crippen LogP contribution in [0.5, 0.6) is 0 Å². The number of pyridine rings is 1. The average Bonchev–Trinajstić information content (AvgIpc) is 3.74. The number of hydrogen-bond acceptors (Lipinski definition) is 10. The SMILES string of the molecule is CCN(C(=O)OCOC(=O)c1cccnc1)C(=O)c1ccc(C)c(Nc2ncnn3cc(C(=O)NC4CC4)c(C)c23)c1. The highest BCUT2D eigenvalue weighted by atomic mass is 16.7. The summed E-state index contributed by atoms with van der Waals surface area (Å²) in [4.78, 5) is 59.9. The van der Waals surface area contributed by atoms with Crippen LogP contribution in [0.25, 0.3) is 5.52 Å². The zero-order chi connectivity index (χ0) is 29.8. The number of ether oxygens (including phenoxy) is 2. The molecule has 4 aromatic rings. The van der Waals surface area contributed by atoms with Crippen LogP contribution in [0, 0.1) is 13.8 Å². The Morgan fingerprint density at radius 3 is 2.62 bits per heavy atom. The topological polar surface area (TPSA) is 157 Å². The van der Waals surface area contributed by atoms with Crippen molar-refractivity contribution in [1.29, 1.82) is 0 Å². The van der Waals surface area contributed by atoms with E-state index < -0.39 is 24.8 Å². The van der Waals surface area contributed by atoms with Crippen molar-refractivity contribution in [2.75, 3.05) is 18.7 Å². The molecule has 3 heterocycles. The van der Waals surface area contributed by atoms with Crippen LogP contribution >= 0.6 is 0 Å². The van der Waals surface area contributed by atoms with Gasteiger partial charge >= 0.3 is 12.1 Å². The van der Waals surface area contributed by atoms with Crippen molar-refractivity contribution in [3.63, 3.8) is 0 Å². The molecule has 5 rings (SSSR count). The molecule has 1 fully saturated rings. The van der Waals surface area contributed by atoms with Gasteiger partial charge in [0.05, 0.1) is 11.1 Å². The van der Waals surface area contributed by atoms with E-state index in [0.29, 0.717) is 28.1 Å². The molecule has 0 aliphatic heterocycles. The number of carbonyl (C=O) groups is 4. The molecule has 0 bridgehead atoms. The molecule has 2 N–H and O–H groups in total. The predicted molar refractivity (Wildman–Crippen MR) is 150 cm³/mol. The van der Waals surface area contributed by atoms with Gasteiger partial charge < -0.3 is 20.1 Å². The third-order valence-electron chi connectivity index (χ3n) is 6.77. The molecule has 0 spiro atoms. The van der Waals surface area contributed by atoms with Crippen LogP contribution in [0.3, 0.4) is 0 Å². The minimum Gasteiger partial charge on any atom is -0.424 e. The van der Waals surface area contributed by atoms with Gasteiger partial charge in [-0.2, -0.15) is 5.10 Å². The second-order valence-corrected chi connectivity index (χ2v) is 9.72. The second kappa shape index (κ2) is 12.0. The number of nitrogens with one attached hydrogen (secondary N) is 2. The van der Waals surface area contributed by atoms with Gasteiger partial charge in [-0.1, -0.05) is 6.07 Å². The van der Waals surface area contributed by atoms with Crippen molar-refractivity contribution in [2.45, 2.75) is 39.7 Å². The number of esters is 1. The number of hydrogen-bond donors (Lipinski definition) is 2. The molecular formula is C29H29N7O6. The molecule has 1 saturated carbocycles. The van der Waals surface area contributed by atoms with Gasteiger partial charge in [-0.05, 0) is 69.0 Å². The highest BCUT2D eigenvalue weighted by Crippen LogP contribution is 2.28. The van der Waals surface area contributed by atoms with E-state index in [1.165, 1.54) is 24.8 Å².